The maximum atomic E-state index is 13.1. The van der Waals surface area contributed by atoms with E-state index in [1.807, 2.05) is 6.92 Å². The number of nitro groups is 1. The number of amides is 1. The summed E-state index contributed by atoms with van der Waals surface area (Å²) in [6.45, 7) is 4.08. The first-order chi connectivity index (χ1) is 18.2. The van der Waals surface area contributed by atoms with Gasteiger partial charge in [0.1, 0.15) is 5.69 Å². The Balaban J connectivity index is 1.57. The van der Waals surface area contributed by atoms with Crippen LogP contribution in [0.2, 0.25) is 0 Å². The van der Waals surface area contributed by atoms with Gasteiger partial charge < -0.3 is 5.32 Å². The van der Waals surface area contributed by atoms with Gasteiger partial charge in [0, 0.05) is 29.9 Å². The second-order valence-corrected chi connectivity index (χ2v) is 10.4. The first-order valence-corrected chi connectivity index (χ1v) is 13.5. The maximum Gasteiger partial charge on any atom is 0.274 e. The molecule has 0 radical (unpaired) electrons. The number of nitro benzene ring substituents is 1. The summed E-state index contributed by atoms with van der Waals surface area (Å²) in [6.07, 6.45) is 1.62. The maximum absolute atomic E-state index is 13.1. The van der Waals surface area contributed by atoms with Gasteiger partial charge in [0.2, 0.25) is 10.0 Å². The van der Waals surface area contributed by atoms with Crippen LogP contribution in [0.4, 0.5) is 11.4 Å². The van der Waals surface area contributed by atoms with E-state index in [1.54, 1.807) is 67.6 Å². The molecule has 196 valence electrons. The molecule has 1 amide bonds. The average molecular weight is 534 g/mol. The van der Waals surface area contributed by atoms with Crippen LogP contribution in [-0.4, -0.2) is 35.6 Å². The Morgan fingerprint density at radius 3 is 2.47 bits per heavy atom. The molecule has 0 unspecified atom stereocenters. The number of anilines is 1. The van der Waals surface area contributed by atoms with Gasteiger partial charge in [-0.25, -0.2) is 17.8 Å². The first-order valence-electron chi connectivity index (χ1n) is 12.0. The summed E-state index contributed by atoms with van der Waals surface area (Å²) in [6, 6.07) is 21.1. The minimum atomic E-state index is -3.69. The molecule has 4 aromatic rings. The number of non-ortho nitro benzene ring substituents is 1. The fraction of sp³-hybridized carbons (Fsp3) is 0.185. The van der Waals surface area contributed by atoms with Crippen molar-refractivity contribution in [3.8, 4) is 16.8 Å². The molecule has 0 atom stereocenters. The van der Waals surface area contributed by atoms with Crippen LogP contribution in [-0.2, 0) is 10.0 Å². The Morgan fingerprint density at radius 2 is 1.76 bits per heavy atom. The fourth-order valence-corrected chi connectivity index (χ4v) is 5.23. The number of aromatic nitrogens is 2. The lowest BCUT2D eigenvalue weighted by Gasteiger charge is -2.13. The Morgan fingerprint density at radius 1 is 1.03 bits per heavy atom. The number of aryl methyl sites for hydroxylation is 1. The molecule has 0 spiro atoms. The van der Waals surface area contributed by atoms with E-state index in [1.165, 1.54) is 22.9 Å². The normalized spacial score (nSPS) is 11.3. The molecule has 38 heavy (non-hydrogen) atoms. The van der Waals surface area contributed by atoms with E-state index in [2.05, 4.69) is 15.1 Å². The molecule has 0 aliphatic carbocycles. The summed E-state index contributed by atoms with van der Waals surface area (Å²) < 4.78 is 29.7. The van der Waals surface area contributed by atoms with E-state index in [9.17, 15) is 23.3 Å². The van der Waals surface area contributed by atoms with Crippen LogP contribution in [0, 0.1) is 17.0 Å². The number of hydrogen-bond acceptors (Lipinski definition) is 6. The largest absolute Gasteiger partial charge is 0.321 e. The smallest absolute Gasteiger partial charge is 0.274 e. The van der Waals surface area contributed by atoms with Crippen LogP contribution in [0.15, 0.2) is 83.8 Å². The van der Waals surface area contributed by atoms with Gasteiger partial charge in [-0.1, -0.05) is 49.7 Å². The molecule has 1 aromatic heterocycles. The number of unbranched alkanes of at least 4 members (excludes halogenated alkanes) is 1. The second kappa shape index (κ2) is 11.4. The molecule has 0 bridgehead atoms. The summed E-state index contributed by atoms with van der Waals surface area (Å²) in [4.78, 5) is 24.0. The number of hydrogen-bond donors (Lipinski definition) is 2. The average Bonchev–Trinajstić information content (AvgIpc) is 3.31. The van der Waals surface area contributed by atoms with Gasteiger partial charge in [-0.15, -0.1) is 0 Å². The van der Waals surface area contributed by atoms with E-state index in [0.29, 0.717) is 34.7 Å². The zero-order chi connectivity index (χ0) is 27.3. The van der Waals surface area contributed by atoms with Gasteiger partial charge in [0.05, 0.1) is 21.2 Å². The van der Waals surface area contributed by atoms with Crippen molar-refractivity contribution in [1.29, 1.82) is 0 Å². The van der Waals surface area contributed by atoms with Crippen LogP contribution in [0.3, 0.4) is 0 Å². The summed E-state index contributed by atoms with van der Waals surface area (Å²) in [5.74, 6) is -0.451. The number of sulfonamides is 1. The van der Waals surface area contributed by atoms with Crippen molar-refractivity contribution in [2.75, 3.05) is 11.9 Å². The molecule has 3 aromatic carbocycles. The zero-order valence-electron chi connectivity index (χ0n) is 20.9. The van der Waals surface area contributed by atoms with Gasteiger partial charge in [-0.3, -0.25) is 14.9 Å². The van der Waals surface area contributed by atoms with Gasteiger partial charge >= 0.3 is 0 Å². The van der Waals surface area contributed by atoms with Gasteiger partial charge in [0.15, 0.2) is 0 Å². The molecule has 4 rings (SSSR count). The molecule has 0 saturated heterocycles. The summed E-state index contributed by atoms with van der Waals surface area (Å²) in [5, 5.41) is 18.3. The van der Waals surface area contributed by atoms with E-state index in [4.69, 9.17) is 0 Å². The molecule has 0 fully saturated rings. The highest BCUT2D eigenvalue weighted by molar-refractivity contribution is 7.89. The topological polar surface area (TPSA) is 136 Å². The Hall–Kier alpha value is -4.35. The Kier molecular flexibility index (Phi) is 7.99. The van der Waals surface area contributed by atoms with Crippen molar-refractivity contribution in [1.82, 2.24) is 14.5 Å². The van der Waals surface area contributed by atoms with Gasteiger partial charge in [-0.05, 0) is 49.2 Å². The lowest BCUT2D eigenvalue weighted by Crippen LogP contribution is -2.25. The SMILES string of the molecule is CCCCNS(=O)(=O)c1ccccc1-c1ccc(NC(=O)c2cc(C)nn2-c2cccc([N+](=O)[O-])c2)cc1. The highest BCUT2D eigenvalue weighted by atomic mass is 32.2. The minimum Gasteiger partial charge on any atom is -0.321 e. The van der Waals surface area contributed by atoms with Gasteiger partial charge in [-0.2, -0.15) is 5.10 Å². The monoisotopic (exact) mass is 533 g/mol. The standard InChI is InChI=1S/C27H27N5O5S/c1-3-4-16-28-38(36,37)26-11-6-5-10-24(26)20-12-14-21(15-13-20)29-27(33)25-17-19(2)30-31(25)22-8-7-9-23(18-22)32(34)35/h5-15,17-18,28H,3-4,16H2,1-2H3,(H,29,33). The van der Waals surface area contributed by atoms with Crippen molar-refractivity contribution in [2.24, 2.45) is 0 Å². The molecule has 0 aliphatic rings. The van der Waals surface area contributed by atoms with Crippen LogP contribution in [0.25, 0.3) is 16.8 Å². The fourth-order valence-electron chi connectivity index (χ4n) is 3.93. The second-order valence-electron chi connectivity index (χ2n) is 8.64. The van der Waals surface area contributed by atoms with Crippen LogP contribution >= 0.6 is 0 Å². The van der Waals surface area contributed by atoms with E-state index < -0.39 is 20.9 Å². The van der Waals surface area contributed by atoms with Crippen LogP contribution < -0.4 is 10.0 Å². The molecule has 1 heterocycles. The molecular formula is C27H27N5O5S. The number of benzene rings is 3. The third-order valence-electron chi connectivity index (χ3n) is 5.80. The lowest BCUT2D eigenvalue weighted by atomic mass is 10.1. The number of nitrogens with one attached hydrogen (secondary N) is 2. The lowest BCUT2D eigenvalue weighted by molar-refractivity contribution is -0.384. The van der Waals surface area contributed by atoms with Crippen molar-refractivity contribution in [3.05, 3.63) is 100 Å². The Labute approximate surface area is 220 Å². The number of carbonyl (C=O) groups excluding carboxylic acids is 1. The third kappa shape index (κ3) is 5.96. The minimum absolute atomic E-state index is 0.111. The Bertz CT molecular complexity index is 1580. The number of rotatable bonds is 10. The summed E-state index contributed by atoms with van der Waals surface area (Å²) in [5.41, 5.74) is 2.78. The predicted octanol–water partition coefficient (Wildman–Crippen LogP) is 5.09. The summed E-state index contributed by atoms with van der Waals surface area (Å²) >= 11 is 0. The van der Waals surface area contributed by atoms with Crippen molar-refractivity contribution in [2.45, 2.75) is 31.6 Å². The van der Waals surface area contributed by atoms with Crippen molar-refractivity contribution >= 4 is 27.3 Å². The molecule has 2 N–H and O–H groups in total. The first kappa shape index (κ1) is 26.7. The zero-order valence-corrected chi connectivity index (χ0v) is 21.7. The van der Waals surface area contributed by atoms with Crippen molar-refractivity contribution < 1.29 is 18.1 Å². The molecule has 0 aliphatic heterocycles. The van der Waals surface area contributed by atoms with Crippen molar-refractivity contribution in [3.63, 3.8) is 0 Å². The molecule has 11 heteroatoms. The van der Waals surface area contributed by atoms with E-state index in [0.717, 1.165) is 12.8 Å². The molecule has 10 nitrogen and oxygen atoms in total. The molecular weight excluding hydrogens is 506 g/mol. The number of carbonyl (C=O) groups is 1. The van der Waals surface area contributed by atoms with Gasteiger partial charge in [0.25, 0.3) is 11.6 Å². The predicted molar refractivity (Wildman–Crippen MR) is 145 cm³/mol. The molecule has 0 saturated carbocycles. The van der Waals surface area contributed by atoms with Crippen LogP contribution in [0.1, 0.15) is 35.9 Å². The third-order valence-corrected chi connectivity index (χ3v) is 7.32. The number of nitrogens with zero attached hydrogens (tertiary/aromatic N) is 3. The van der Waals surface area contributed by atoms with E-state index in [-0.39, 0.29) is 16.3 Å². The highest BCUT2D eigenvalue weighted by Crippen LogP contribution is 2.28. The summed E-state index contributed by atoms with van der Waals surface area (Å²) in [7, 11) is -3.69. The van der Waals surface area contributed by atoms with Crippen LogP contribution in [0.5, 0.6) is 0 Å². The van der Waals surface area contributed by atoms with E-state index >= 15 is 0 Å². The quantitative estimate of drug-likeness (QED) is 0.166. The highest BCUT2D eigenvalue weighted by Gasteiger charge is 2.20.